The summed E-state index contributed by atoms with van der Waals surface area (Å²) >= 11 is 0. The number of benzene rings is 3. The van der Waals surface area contributed by atoms with Gasteiger partial charge in [-0.2, -0.15) is 0 Å². The van der Waals surface area contributed by atoms with Crippen LogP contribution < -0.4 is 10.2 Å². The van der Waals surface area contributed by atoms with Crippen LogP contribution in [0, 0.1) is 19.7 Å². The van der Waals surface area contributed by atoms with Gasteiger partial charge in [-0.05, 0) is 79.6 Å². The zero-order valence-electron chi connectivity index (χ0n) is 17.8. The van der Waals surface area contributed by atoms with Crippen LogP contribution >= 0.6 is 0 Å². The average Bonchev–Trinajstić information content (AvgIpc) is 3.05. The number of aryl methyl sites for hydroxylation is 2. The second-order valence-electron chi connectivity index (χ2n) is 7.61. The number of nitrogens with one attached hydrogen (secondary N) is 1. The number of anilines is 2. The van der Waals surface area contributed by atoms with Crippen LogP contribution in [0.15, 0.2) is 60.7 Å². The lowest BCUT2D eigenvalue weighted by molar-refractivity contribution is -0.119. The van der Waals surface area contributed by atoms with Gasteiger partial charge in [0.1, 0.15) is 5.82 Å². The number of ether oxygens (including phenoxy) is 1. The molecule has 3 amide bonds. The summed E-state index contributed by atoms with van der Waals surface area (Å²) in [5.41, 5.74) is 3.07. The number of esters is 1. The molecule has 3 aromatic carbocycles. The van der Waals surface area contributed by atoms with Crippen LogP contribution in [0.4, 0.5) is 15.8 Å². The summed E-state index contributed by atoms with van der Waals surface area (Å²) < 4.78 is 18.2. The molecule has 7 nitrogen and oxygen atoms in total. The van der Waals surface area contributed by atoms with E-state index in [1.807, 2.05) is 26.0 Å². The quantitative estimate of drug-likeness (QED) is 0.472. The summed E-state index contributed by atoms with van der Waals surface area (Å²) in [6.45, 7) is 3.36. The molecule has 166 valence electrons. The monoisotopic (exact) mass is 446 g/mol. The standard InChI is InChI=1S/C25H19FN2O5/c1-14-3-7-18(11-15(14)2)27-22(29)13-33-25(32)16-4-10-20-21(12-16)24(31)28(23(20)30)19-8-5-17(26)6-9-19/h3-12H,13H2,1-2H3,(H,27,29). The summed E-state index contributed by atoms with van der Waals surface area (Å²) in [6, 6.07) is 14.3. The van der Waals surface area contributed by atoms with E-state index in [-0.39, 0.29) is 22.4 Å². The van der Waals surface area contributed by atoms with Crippen LogP contribution in [0.2, 0.25) is 0 Å². The first-order valence-corrected chi connectivity index (χ1v) is 10.1. The molecule has 0 atom stereocenters. The van der Waals surface area contributed by atoms with Crippen molar-refractivity contribution in [3.63, 3.8) is 0 Å². The minimum Gasteiger partial charge on any atom is -0.452 e. The Hall–Kier alpha value is -4.33. The van der Waals surface area contributed by atoms with Crippen LogP contribution in [0.5, 0.6) is 0 Å². The fraction of sp³-hybridized carbons (Fsp3) is 0.120. The minimum atomic E-state index is -0.812. The van der Waals surface area contributed by atoms with E-state index in [0.29, 0.717) is 5.69 Å². The van der Waals surface area contributed by atoms with Crippen molar-refractivity contribution in [2.24, 2.45) is 0 Å². The zero-order valence-corrected chi connectivity index (χ0v) is 17.8. The minimum absolute atomic E-state index is 0.0230. The van der Waals surface area contributed by atoms with Crippen LogP contribution in [-0.4, -0.2) is 30.3 Å². The third-order valence-electron chi connectivity index (χ3n) is 5.33. The third kappa shape index (κ3) is 4.36. The predicted molar refractivity (Wildman–Crippen MR) is 119 cm³/mol. The van der Waals surface area contributed by atoms with E-state index in [4.69, 9.17) is 4.74 Å². The number of nitrogens with zero attached hydrogens (tertiary/aromatic N) is 1. The smallest absolute Gasteiger partial charge is 0.338 e. The molecule has 0 saturated carbocycles. The molecule has 1 aliphatic rings. The SMILES string of the molecule is Cc1ccc(NC(=O)COC(=O)c2ccc3c(c2)C(=O)N(c2ccc(F)cc2)C3=O)cc1C. The Kier molecular flexibility index (Phi) is 5.74. The van der Waals surface area contributed by atoms with E-state index in [1.165, 1.54) is 30.3 Å². The molecule has 0 unspecified atom stereocenters. The predicted octanol–water partition coefficient (Wildman–Crippen LogP) is 4.04. The summed E-state index contributed by atoms with van der Waals surface area (Å²) in [5, 5.41) is 2.65. The van der Waals surface area contributed by atoms with Crippen LogP contribution in [0.25, 0.3) is 0 Å². The number of hydrogen-bond acceptors (Lipinski definition) is 5. The summed E-state index contributed by atoms with van der Waals surface area (Å²) in [7, 11) is 0. The Morgan fingerprint density at radius 2 is 1.58 bits per heavy atom. The van der Waals surface area contributed by atoms with Crippen molar-refractivity contribution < 1.29 is 28.3 Å². The van der Waals surface area contributed by atoms with E-state index < -0.39 is 36.1 Å². The van der Waals surface area contributed by atoms with E-state index in [9.17, 15) is 23.6 Å². The van der Waals surface area contributed by atoms with Gasteiger partial charge in [0, 0.05) is 5.69 Å². The number of carbonyl (C=O) groups is 4. The molecule has 3 aromatic rings. The van der Waals surface area contributed by atoms with E-state index in [1.54, 1.807) is 6.07 Å². The molecule has 0 aromatic heterocycles. The molecule has 0 spiro atoms. The Morgan fingerprint density at radius 1 is 0.879 bits per heavy atom. The molecule has 1 aliphatic heterocycles. The van der Waals surface area contributed by atoms with Crippen LogP contribution in [0.3, 0.4) is 0 Å². The van der Waals surface area contributed by atoms with Crippen molar-refractivity contribution >= 4 is 35.1 Å². The van der Waals surface area contributed by atoms with Gasteiger partial charge >= 0.3 is 5.97 Å². The molecule has 0 saturated heterocycles. The maximum Gasteiger partial charge on any atom is 0.338 e. The van der Waals surface area contributed by atoms with Gasteiger partial charge in [0.2, 0.25) is 0 Å². The van der Waals surface area contributed by atoms with Gasteiger partial charge < -0.3 is 10.1 Å². The van der Waals surface area contributed by atoms with Gasteiger partial charge in [0.05, 0.1) is 22.4 Å². The van der Waals surface area contributed by atoms with Crippen molar-refractivity contribution in [2.45, 2.75) is 13.8 Å². The van der Waals surface area contributed by atoms with Crippen molar-refractivity contribution in [1.82, 2.24) is 0 Å². The molecule has 1 N–H and O–H groups in total. The Bertz CT molecular complexity index is 1300. The fourth-order valence-electron chi connectivity index (χ4n) is 3.42. The molecule has 0 aliphatic carbocycles. The lowest BCUT2D eigenvalue weighted by atomic mass is 10.1. The number of rotatable bonds is 5. The molecule has 8 heteroatoms. The molecule has 33 heavy (non-hydrogen) atoms. The first kappa shape index (κ1) is 21.9. The average molecular weight is 446 g/mol. The zero-order chi connectivity index (χ0) is 23.7. The highest BCUT2D eigenvalue weighted by molar-refractivity contribution is 6.34. The van der Waals surface area contributed by atoms with Crippen molar-refractivity contribution in [2.75, 3.05) is 16.8 Å². The Balaban J connectivity index is 1.44. The highest BCUT2D eigenvalue weighted by Gasteiger charge is 2.37. The Morgan fingerprint density at radius 3 is 2.27 bits per heavy atom. The maximum atomic E-state index is 13.2. The summed E-state index contributed by atoms with van der Waals surface area (Å²) in [5.74, 6) is -3.03. The fourth-order valence-corrected chi connectivity index (χ4v) is 3.42. The van der Waals surface area contributed by atoms with E-state index in [2.05, 4.69) is 5.32 Å². The third-order valence-corrected chi connectivity index (χ3v) is 5.33. The summed E-state index contributed by atoms with van der Waals surface area (Å²) in [4.78, 5) is 50.9. The molecule has 1 heterocycles. The normalized spacial score (nSPS) is 12.5. The van der Waals surface area contributed by atoms with Gasteiger partial charge in [-0.1, -0.05) is 6.07 Å². The molecule has 0 radical (unpaired) electrons. The largest absolute Gasteiger partial charge is 0.452 e. The molecular formula is C25H19FN2O5. The number of halogens is 1. The lowest BCUT2D eigenvalue weighted by Gasteiger charge is -2.13. The van der Waals surface area contributed by atoms with Crippen LogP contribution in [-0.2, 0) is 9.53 Å². The summed E-state index contributed by atoms with van der Waals surface area (Å²) in [6.07, 6.45) is 0. The topological polar surface area (TPSA) is 92.8 Å². The Labute approximate surface area is 188 Å². The highest BCUT2D eigenvalue weighted by Crippen LogP contribution is 2.29. The number of amides is 3. The van der Waals surface area contributed by atoms with Gasteiger partial charge in [0.15, 0.2) is 6.61 Å². The van der Waals surface area contributed by atoms with Crippen molar-refractivity contribution in [3.05, 3.63) is 94.3 Å². The molecular weight excluding hydrogens is 427 g/mol. The number of imide groups is 1. The van der Waals surface area contributed by atoms with Crippen molar-refractivity contribution in [1.29, 1.82) is 0 Å². The van der Waals surface area contributed by atoms with Gasteiger partial charge in [-0.3, -0.25) is 14.4 Å². The maximum absolute atomic E-state index is 13.2. The number of hydrogen-bond donors (Lipinski definition) is 1. The molecule has 0 fully saturated rings. The van der Waals surface area contributed by atoms with Gasteiger partial charge in [0.25, 0.3) is 17.7 Å². The highest BCUT2D eigenvalue weighted by atomic mass is 19.1. The van der Waals surface area contributed by atoms with E-state index >= 15 is 0 Å². The van der Waals surface area contributed by atoms with Gasteiger partial charge in [-0.15, -0.1) is 0 Å². The second kappa shape index (κ2) is 8.66. The lowest BCUT2D eigenvalue weighted by Crippen LogP contribution is -2.29. The molecule has 4 rings (SSSR count). The first-order chi connectivity index (χ1) is 15.7. The second-order valence-corrected chi connectivity index (χ2v) is 7.61. The van der Waals surface area contributed by atoms with E-state index in [0.717, 1.165) is 28.2 Å². The molecule has 0 bridgehead atoms. The van der Waals surface area contributed by atoms with Crippen LogP contribution in [0.1, 0.15) is 42.2 Å². The van der Waals surface area contributed by atoms with Crippen molar-refractivity contribution in [3.8, 4) is 0 Å². The first-order valence-electron chi connectivity index (χ1n) is 10.1. The van der Waals surface area contributed by atoms with Gasteiger partial charge in [-0.25, -0.2) is 14.1 Å². The number of carbonyl (C=O) groups excluding carboxylic acids is 4. The number of fused-ring (bicyclic) bond motifs is 1.